The molecule has 0 unspecified atom stereocenters. The maximum Gasteiger partial charge on any atom is 0.262 e. The molecule has 0 bridgehead atoms. The van der Waals surface area contributed by atoms with Crippen molar-refractivity contribution in [3.8, 4) is 5.75 Å². The molecule has 0 spiro atoms. The van der Waals surface area contributed by atoms with Crippen molar-refractivity contribution in [3.63, 3.8) is 0 Å². The number of rotatable bonds is 5. The van der Waals surface area contributed by atoms with Gasteiger partial charge in [0, 0.05) is 42.5 Å². The second-order valence-corrected chi connectivity index (χ2v) is 6.90. The lowest BCUT2D eigenvalue weighted by atomic mass is 10.1. The summed E-state index contributed by atoms with van der Waals surface area (Å²) in [5.41, 5.74) is 1.13. The van der Waals surface area contributed by atoms with Gasteiger partial charge in [0.05, 0.1) is 0 Å². The van der Waals surface area contributed by atoms with Crippen molar-refractivity contribution in [1.82, 2.24) is 9.80 Å². The van der Waals surface area contributed by atoms with E-state index in [0.717, 1.165) is 13.1 Å². The fraction of sp³-hybridized carbons (Fsp3) is 0.300. The molecular weight excluding hydrogens is 366 g/mol. The molecule has 0 aliphatic carbocycles. The number of halogens is 1. The maximum atomic E-state index is 12.6. The number of carbonyl (C=O) groups excluding carboxylic acids is 2. The Morgan fingerprint density at radius 1 is 1.07 bits per heavy atom. The summed E-state index contributed by atoms with van der Waals surface area (Å²) in [7, 11) is 2.05. The minimum atomic E-state index is -0.297. The summed E-state index contributed by atoms with van der Waals surface area (Å²) in [6.07, 6.45) is 0. The molecule has 0 atom stereocenters. The average Bonchev–Trinajstić information content (AvgIpc) is 2.68. The maximum absolute atomic E-state index is 12.6. The molecular formula is C20H22ClN3O3. The summed E-state index contributed by atoms with van der Waals surface area (Å²) in [4.78, 5) is 28.8. The van der Waals surface area contributed by atoms with Crippen LogP contribution in [0.4, 0.5) is 5.69 Å². The molecule has 2 aromatic rings. The van der Waals surface area contributed by atoms with Gasteiger partial charge in [-0.1, -0.05) is 17.7 Å². The summed E-state index contributed by atoms with van der Waals surface area (Å²) in [5.74, 6) is 0.249. The number of hydrogen-bond acceptors (Lipinski definition) is 4. The van der Waals surface area contributed by atoms with Crippen LogP contribution >= 0.6 is 11.6 Å². The fourth-order valence-corrected chi connectivity index (χ4v) is 2.92. The number of nitrogens with one attached hydrogen (secondary N) is 1. The highest BCUT2D eigenvalue weighted by atomic mass is 35.5. The van der Waals surface area contributed by atoms with Crippen LogP contribution in [0.2, 0.25) is 5.02 Å². The Bertz CT molecular complexity index is 802. The summed E-state index contributed by atoms with van der Waals surface area (Å²) in [6, 6.07) is 13.8. The summed E-state index contributed by atoms with van der Waals surface area (Å²) in [5, 5.41) is 3.37. The number of nitrogens with zero attached hydrogens (tertiary/aromatic N) is 2. The van der Waals surface area contributed by atoms with Gasteiger partial charge in [0.1, 0.15) is 5.75 Å². The van der Waals surface area contributed by atoms with Crippen LogP contribution in [0.3, 0.4) is 0 Å². The molecule has 0 saturated carbocycles. The average molecular weight is 388 g/mol. The van der Waals surface area contributed by atoms with E-state index in [1.165, 1.54) is 0 Å². The quantitative estimate of drug-likeness (QED) is 0.856. The molecule has 0 aromatic heterocycles. The Balaban J connectivity index is 1.55. The van der Waals surface area contributed by atoms with E-state index in [0.29, 0.717) is 35.1 Å². The highest BCUT2D eigenvalue weighted by molar-refractivity contribution is 6.30. The van der Waals surface area contributed by atoms with Crippen molar-refractivity contribution >= 4 is 29.1 Å². The number of hydrogen-bond donors (Lipinski definition) is 1. The van der Waals surface area contributed by atoms with E-state index in [1.807, 2.05) is 11.9 Å². The van der Waals surface area contributed by atoms with Crippen LogP contribution in [0.5, 0.6) is 5.75 Å². The van der Waals surface area contributed by atoms with Crippen molar-refractivity contribution in [3.05, 3.63) is 59.1 Å². The van der Waals surface area contributed by atoms with E-state index < -0.39 is 0 Å². The van der Waals surface area contributed by atoms with Crippen molar-refractivity contribution in [1.29, 1.82) is 0 Å². The van der Waals surface area contributed by atoms with Crippen LogP contribution in [-0.4, -0.2) is 61.4 Å². The molecule has 1 saturated heterocycles. The zero-order valence-electron chi connectivity index (χ0n) is 15.2. The Morgan fingerprint density at radius 2 is 1.78 bits per heavy atom. The Labute approximate surface area is 163 Å². The van der Waals surface area contributed by atoms with E-state index in [2.05, 4.69) is 10.2 Å². The van der Waals surface area contributed by atoms with E-state index >= 15 is 0 Å². The van der Waals surface area contributed by atoms with Gasteiger partial charge in [-0.25, -0.2) is 0 Å². The van der Waals surface area contributed by atoms with Crippen LogP contribution in [0.15, 0.2) is 48.5 Å². The number of benzene rings is 2. The van der Waals surface area contributed by atoms with Gasteiger partial charge < -0.3 is 19.9 Å². The molecule has 2 aromatic carbocycles. The molecule has 7 heteroatoms. The van der Waals surface area contributed by atoms with Crippen molar-refractivity contribution in [2.24, 2.45) is 0 Å². The predicted octanol–water partition coefficient (Wildman–Crippen LogP) is 2.75. The molecule has 6 nitrogen and oxygen atoms in total. The lowest BCUT2D eigenvalue weighted by molar-refractivity contribution is -0.118. The van der Waals surface area contributed by atoms with Crippen LogP contribution in [0, 0.1) is 0 Å². The number of ether oxygens (including phenoxy) is 1. The third-order valence-corrected chi connectivity index (χ3v) is 4.62. The van der Waals surface area contributed by atoms with E-state index in [4.69, 9.17) is 16.3 Å². The van der Waals surface area contributed by atoms with Gasteiger partial charge in [0.2, 0.25) is 0 Å². The molecule has 1 N–H and O–H groups in total. The first-order valence-electron chi connectivity index (χ1n) is 8.77. The second-order valence-electron chi connectivity index (χ2n) is 6.47. The van der Waals surface area contributed by atoms with E-state index in [9.17, 15) is 9.59 Å². The zero-order valence-corrected chi connectivity index (χ0v) is 15.9. The number of carbonyl (C=O) groups is 2. The van der Waals surface area contributed by atoms with Crippen LogP contribution < -0.4 is 10.1 Å². The van der Waals surface area contributed by atoms with E-state index in [1.54, 1.807) is 48.5 Å². The molecule has 1 aliphatic heterocycles. The molecule has 142 valence electrons. The largest absolute Gasteiger partial charge is 0.484 e. The highest BCUT2D eigenvalue weighted by Gasteiger charge is 2.20. The van der Waals surface area contributed by atoms with Crippen molar-refractivity contribution in [2.75, 3.05) is 45.2 Å². The highest BCUT2D eigenvalue weighted by Crippen LogP contribution is 2.16. The SMILES string of the molecule is CN1CCN(C(=O)c2cccc(NC(=O)COc3ccc(Cl)cc3)c2)CC1. The van der Waals surface area contributed by atoms with Crippen molar-refractivity contribution < 1.29 is 14.3 Å². The first-order valence-corrected chi connectivity index (χ1v) is 9.15. The van der Waals surface area contributed by atoms with Gasteiger partial charge in [0.15, 0.2) is 6.61 Å². The summed E-state index contributed by atoms with van der Waals surface area (Å²) in [6.45, 7) is 3.02. The summed E-state index contributed by atoms with van der Waals surface area (Å²) >= 11 is 5.82. The van der Waals surface area contributed by atoms with Crippen LogP contribution in [0.1, 0.15) is 10.4 Å². The molecule has 1 fully saturated rings. The van der Waals surface area contributed by atoms with Gasteiger partial charge in [-0.15, -0.1) is 0 Å². The fourth-order valence-electron chi connectivity index (χ4n) is 2.80. The molecule has 1 heterocycles. The minimum Gasteiger partial charge on any atom is -0.484 e. The normalized spacial score (nSPS) is 14.7. The molecule has 0 radical (unpaired) electrons. The zero-order chi connectivity index (χ0) is 19.2. The third-order valence-electron chi connectivity index (χ3n) is 4.37. The predicted molar refractivity (Wildman–Crippen MR) is 105 cm³/mol. The Morgan fingerprint density at radius 3 is 2.48 bits per heavy atom. The molecule has 1 aliphatic rings. The van der Waals surface area contributed by atoms with E-state index in [-0.39, 0.29) is 18.4 Å². The lowest BCUT2D eigenvalue weighted by Crippen LogP contribution is -2.47. The van der Waals surface area contributed by atoms with Gasteiger partial charge >= 0.3 is 0 Å². The topological polar surface area (TPSA) is 61.9 Å². The van der Waals surface area contributed by atoms with Crippen molar-refractivity contribution in [2.45, 2.75) is 0 Å². The van der Waals surface area contributed by atoms with Gasteiger partial charge in [-0.05, 0) is 49.5 Å². The first kappa shape index (κ1) is 19.2. The standard InChI is InChI=1S/C20H22ClN3O3/c1-23-9-11-24(12-10-23)20(26)15-3-2-4-17(13-15)22-19(25)14-27-18-7-5-16(21)6-8-18/h2-8,13H,9-12,14H2,1H3,(H,22,25). The smallest absolute Gasteiger partial charge is 0.262 e. The molecule has 3 rings (SSSR count). The van der Waals surface area contributed by atoms with Gasteiger partial charge in [-0.2, -0.15) is 0 Å². The monoisotopic (exact) mass is 387 g/mol. The van der Waals surface area contributed by atoms with Crippen LogP contribution in [-0.2, 0) is 4.79 Å². The van der Waals surface area contributed by atoms with Gasteiger partial charge in [0.25, 0.3) is 11.8 Å². The number of amides is 2. The second kappa shape index (κ2) is 8.88. The lowest BCUT2D eigenvalue weighted by Gasteiger charge is -2.32. The molecule has 27 heavy (non-hydrogen) atoms. The van der Waals surface area contributed by atoms with Gasteiger partial charge in [-0.3, -0.25) is 9.59 Å². The molecule has 2 amide bonds. The Hall–Kier alpha value is -2.57. The first-order chi connectivity index (χ1) is 13.0. The summed E-state index contributed by atoms with van der Waals surface area (Å²) < 4.78 is 5.43. The number of piperazine rings is 1. The van der Waals surface area contributed by atoms with Crippen LogP contribution in [0.25, 0.3) is 0 Å². The Kier molecular flexibility index (Phi) is 6.32. The minimum absolute atomic E-state index is 0.0170. The number of anilines is 1. The number of likely N-dealkylation sites (N-methyl/N-ethyl adjacent to an activating group) is 1. The third kappa shape index (κ3) is 5.45.